The smallest absolute Gasteiger partial charge is 0.259 e. The van der Waals surface area contributed by atoms with E-state index in [1.807, 2.05) is 23.1 Å². The van der Waals surface area contributed by atoms with Crippen LogP contribution in [-0.2, 0) is 4.79 Å². The summed E-state index contributed by atoms with van der Waals surface area (Å²) in [4.78, 5) is 27.7. The van der Waals surface area contributed by atoms with E-state index in [-0.39, 0.29) is 29.3 Å². The maximum Gasteiger partial charge on any atom is 0.259 e. The zero-order valence-corrected chi connectivity index (χ0v) is 20.6. The highest BCUT2D eigenvalue weighted by molar-refractivity contribution is 7.81. The van der Waals surface area contributed by atoms with E-state index < -0.39 is 5.54 Å². The maximum absolute atomic E-state index is 13.6. The van der Waals surface area contributed by atoms with Crippen LogP contribution in [0.2, 0.25) is 5.02 Å². The molecule has 4 heterocycles. The molecule has 2 saturated heterocycles. The number of hydrogen-bond donors (Lipinski definition) is 1. The predicted octanol–water partition coefficient (Wildman–Crippen LogP) is 2.90. The summed E-state index contributed by atoms with van der Waals surface area (Å²) in [5, 5.41) is 18.7. The van der Waals surface area contributed by atoms with Gasteiger partial charge in [0.25, 0.3) is 5.91 Å². The monoisotopic (exact) mass is 512 g/mol. The van der Waals surface area contributed by atoms with E-state index >= 15 is 0 Å². The van der Waals surface area contributed by atoms with E-state index in [0.29, 0.717) is 36.1 Å². The van der Waals surface area contributed by atoms with Crippen LogP contribution < -0.4 is 14.5 Å². The van der Waals surface area contributed by atoms with Crippen molar-refractivity contribution in [2.75, 3.05) is 36.0 Å². The summed E-state index contributed by atoms with van der Waals surface area (Å²) in [6.07, 6.45) is 7.29. The summed E-state index contributed by atoms with van der Waals surface area (Å²) < 4.78 is 6.09. The molecule has 0 unspecified atom stereocenters. The third kappa shape index (κ3) is 4.23. The summed E-state index contributed by atoms with van der Waals surface area (Å²) in [5.41, 5.74) is 0.518. The topological polar surface area (TPSA) is 106 Å². The van der Waals surface area contributed by atoms with Gasteiger partial charge in [-0.25, -0.2) is 9.97 Å². The Bertz CT molecular complexity index is 1170. The van der Waals surface area contributed by atoms with Crippen molar-refractivity contribution in [2.24, 2.45) is 0 Å². The third-order valence-electron chi connectivity index (χ3n) is 7.00. The number of anilines is 2. The Hall–Kier alpha value is -2.84. The molecule has 0 aromatic carbocycles. The van der Waals surface area contributed by atoms with Gasteiger partial charge in [-0.05, 0) is 56.5 Å². The molecule has 1 N–H and O–H groups in total. The number of amides is 1. The number of carbonyl (C=O) groups is 1. The van der Waals surface area contributed by atoms with Gasteiger partial charge < -0.3 is 19.6 Å². The molecule has 11 heteroatoms. The van der Waals surface area contributed by atoms with Gasteiger partial charge in [0.05, 0.1) is 35.4 Å². The van der Waals surface area contributed by atoms with E-state index in [0.717, 1.165) is 38.0 Å². The Morgan fingerprint density at radius 3 is 2.54 bits per heavy atom. The maximum atomic E-state index is 13.6. The zero-order valence-electron chi connectivity index (χ0n) is 19.1. The van der Waals surface area contributed by atoms with Crippen LogP contribution in [0.4, 0.5) is 11.4 Å². The number of aromatic nitrogens is 2. The number of pyridine rings is 2. The number of ether oxygens (including phenoxy) is 1. The minimum Gasteiger partial charge on any atom is -0.474 e. The average Bonchev–Trinajstić information content (AvgIpc) is 3.07. The highest BCUT2D eigenvalue weighted by Crippen LogP contribution is 2.47. The van der Waals surface area contributed by atoms with Gasteiger partial charge in [-0.3, -0.25) is 9.69 Å². The quantitative estimate of drug-likeness (QED) is 0.584. The number of β-amino-alcohol motifs (C(OH)–C–C–N with tert-alkyl or cyclic N) is 1. The van der Waals surface area contributed by atoms with Crippen LogP contribution in [0.1, 0.15) is 37.8 Å². The predicted molar refractivity (Wildman–Crippen MR) is 135 cm³/mol. The van der Waals surface area contributed by atoms with Crippen LogP contribution in [0, 0.1) is 11.3 Å². The number of nitrogens with zero attached hydrogens (tertiary/aromatic N) is 6. The summed E-state index contributed by atoms with van der Waals surface area (Å²) in [6, 6.07) is 7.18. The number of halogens is 1. The zero-order chi connectivity index (χ0) is 24.6. The van der Waals surface area contributed by atoms with Crippen molar-refractivity contribution in [1.82, 2.24) is 14.9 Å². The van der Waals surface area contributed by atoms with Crippen LogP contribution in [0.25, 0.3) is 0 Å². The van der Waals surface area contributed by atoms with Crippen molar-refractivity contribution in [3.8, 4) is 11.9 Å². The molecule has 0 atom stereocenters. The first-order chi connectivity index (χ1) is 17.0. The molecule has 0 radical (unpaired) electrons. The molecule has 0 bridgehead atoms. The molecule has 2 aromatic rings. The van der Waals surface area contributed by atoms with E-state index in [4.69, 9.17) is 38.9 Å². The van der Waals surface area contributed by atoms with Crippen LogP contribution >= 0.6 is 23.8 Å². The lowest BCUT2D eigenvalue weighted by Gasteiger charge is -2.42. The molecular weight excluding hydrogens is 488 g/mol. The van der Waals surface area contributed by atoms with Gasteiger partial charge in [0, 0.05) is 25.7 Å². The Balaban J connectivity index is 1.34. The molecule has 1 saturated carbocycles. The molecule has 5 rings (SSSR count). The van der Waals surface area contributed by atoms with Crippen molar-refractivity contribution < 1.29 is 14.6 Å². The highest BCUT2D eigenvalue weighted by Gasteiger charge is 2.59. The Labute approximate surface area is 213 Å². The molecule has 2 aromatic heterocycles. The fraction of sp³-hybridized carbons (Fsp3) is 0.458. The van der Waals surface area contributed by atoms with Crippen LogP contribution in [0.15, 0.2) is 30.6 Å². The largest absolute Gasteiger partial charge is 0.474 e. The van der Waals surface area contributed by atoms with Crippen molar-refractivity contribution in [1.29, 1.82) is 5.26 Å². The van der Waals surface area contributed by atoms with Gasteiger partial charge in [-0.1, -0.05) is 11.6 Å². The fourth-order valence-electron chi connectivity index (χ4n) is 4.98. The number of likely N-dealkylation sites (tertiary alicyclic amines) is 1. The number of rotatable bonds is 6. The number of thiocarbonyl (C=S) groups is 1. The summed E-state index contributed by atoms with van der Waals surface area (Å²) in [6.45, 7) is 2.64. The number of hydrogen-bond acceptors (Lipinski definition) is 8. The average molecular weight is 513 g/mol. The minimum atomic E-state index is -0.749. The number of aliphatic hydroxyl groups excluding tert-OH is 1. The van der Waals surface area contributed by atoms with Gasteiger partial charge in [-0.15, -0.1) is 0 Å². The van der Waals surface area contributed by atoms with Crippen LogP contribution in [-0.4, -0.2) is 68.9 Å². The van der Waals surface area contributed by atoms with Crippen molar-refractivity contribution in [2.45, 2.75) is 43.7 Å². The molecule has 3 fully saturated rings. The molecule has 1 spiro atoms. The first-order valence-electron chi connectivity index (χ1n) is 11.7. The van der Waals surface area contributed by atoms with E-state index in [1.54, 1.807) is 12.3 Å². The second-order valence-electron chi connectivity index (χ2n) is 9.02. The molecule has 3 aliphatic rings. The Morgan fingerprint density at radius 1 is 1.23 bits per heavy atom. The van der Waals surface area contributed by atoms with Gasteiger partial charge in [0.2, 0.25) is 5.88 Å². The van der Waals surface area contributed by atoms with Gasteiger partial charge in [0.15, 0.2) is 10.8 Å². The SMILES string of the molecule is N#Cc1ncc(N2C(=O)C3(CCC3)N(c3ccc(OC4CCN(CCO)CC4)nc3)C2=S)cc1Cl. The lowest BCUT2D eigenvalue weighted by Crippen LogP contribution is -2.55. The molecule has 182 valence electrons. The van der Waals surface area contributed by atoms with E-state index in [9.17, 15) is 4.79 Å². The molecule has 35 heavy (non-hydrogen) atoms. The van der Waals surface area contributed by atoms with E-state index in [2.05, 4.69) is 14.9 Å². The lowest BCUT2D eigenvalue weighted by atomic mass is 9.75. The molecule has 1 amide bonds. The number of piperidine rings is 1. The Kier molecular flexibility index (Phi) is 6.59. The standard InChI is InChI=1S/C24H25ClN6O3S/c25-19-12-17(15-27-20(19)13-26)30-22(33)24(6-1-7-24)31(23(30)35)16-2-3-21(28-14-16)34-18-4-8-29(9-5-18)10-11-32/h2-3,12,14-15,18,32H,1,4-11H2. The molecule has 1 aliphatic carbocycles. The summed E-state index contributed by atoms with van der Waals surface area (Å²) in [7, 11) is 0. The van der Waals surface area contributed by atoms with Crippen LogP contribution in [0.3, 0.4) is 0 Å². The molecular formula is C24H25ClN6O3S. The minimum absolute atomic E-state index is 0.0832. The Morgan fingerprint density at radius 2 is 1.97 bits per heavy atom. The van der Waals surface area contributed by atoms with E-state index in [1.165, 1.54) is 11.1 Å². The molecule has 2 aliphatic heterocycles. The fourth-order valence-corrected chi connectivity index (χ4v) is 5.65. The van der Waals surface area contributed by atoms with Crippen molar-refractivity contribution >= 4 is 46.2 Å². The van der Waals surface area contributed by atoms with Crippen molar-refractivity contribution in [3.05, 3.63) is 41.3 Å². The summed E-state index contributed by atoms with van der Waals surface area (Å²) in [5.74, 6) is 0.416. The van der Waals surface area contributed by atoms with Gasteiger partial charge >= 0.3 is 0 Å². The van der Waals surface area contributed by atoms with Crippen molar-refractivity contribution in [3.63, 3.8) is 0 Å². The number of carbonyl (C=O) groups excluding carboxylic acids is 1. The molecule has 9 nitrogen and oxygen atoms in total. The number of aliphatic hydroxyl groups is 1. The second kappa shape index (κ2) is 9.66. The first kappa shape index (κ1) is 23.9. The third-order valence-corrected chi connectivity index (χ3v) is 7.65. The van der Waals surface area contributed by atoms with Crippen LogP contribution in [0.5, 0.6) is 5.88 Å². The second-order valence-corrected chi connectivity index (χ2v) is 9.79. The number of nitriles is 1. The lowest BCUT2D eigenvalue weighted by molar-refractivity contribution is -0.123. The van der Waals surface area contributed by atoms with Gasteiger partial charge in [-0.2, -0.15) is 5.26 Å². The first-order valence-corrected chi connectivity index (χ1v) is 12.5. The van der Waals surface area contributed by atoms with Gasteiger partial charge in [0.1, 0.15) is 17.7 Å². The highest BCUT2D eigenvalue weighted by atomic mass is 35.5. The summed E-state index contributed by atoms with van der Waals surface area (Å²) >= 11 is 11.9. The normalized spacial score (nSPS) is 20.3.